The number of nitrogens with two attached hydrogens (primary N) is 1. The summed E-state index contributed by atoms with van der Waals surface area (Å²) >= 11 is 6.02. The van der Waals surface area contributed by atoms with Gasteiger partial charge in [0.05, 0.1) is 7.11 Å². The van der Waals surface area contributed by atoms with E-state index in [1.807, 2.05) is 18.2 Å². The molecule has 2 nitrogen and oxygen atoms in total. The molecule has 1 aromatic carbocycles. The van der Waals surface area contributed by atoms with E-state index in [4.69, 9.17) is 22.1 Å². The number of ether oxygens (including phenoxy) is 1. The molecule has 1 rings (SSSR count). The molecule has 1 aromatic rings. The van der Waals surface area contributed by atoms with Crippen LogP contribution in [0.2, 0.25) is 5.02 Å². The van der Waals surface area contributed by atoms with E-state index in [1.54, 1.807) is 7.11 Å². The van der Waals surface area contributed by atoms with E-state index in [0.29, 0.717) is 0 Å². The summed E-state index contributed by atoms with van der Waals surface area (Å²) in [4.78, 5) is 0. The van der Waals surface area contributed by atoms with Gasteiger partial charge in [0.25, 0.3) is 0 Å². The molecule has 0 heterocycles. The highest BCUT2D eigenvalue weighted by Crippen LogP contribution is 2.24. The van der Waals surface area contributed by atoms with Gasteiger partial charge in [-0.1, -0.05) is 50.6 Å². The van der Waals surface area contributed by atoms with Gasteiger partial charge in [-0.2, -0.15) is 0 Å². The quantitative estimate of drug-likeness (QED) is 0.673. The van der Waals surface area contributed by atoms with Gasteiger partial charge in [-0.05, 0) is 36.6 Å². The zero-order chi connectivity index (χ0) is 14.1. The lowest BCUT2D eigenvalue weighted by molar-refractivity contribution is 0.406. The Bertz CT molecular complexity index is 368. The Kier molecular flexibility index (Phi) is 7.92. The van der Waals surface area contributed by atoms with E-state index in [1.165, 1.54) is 32.1 Å². The third-order valence-corrected chi connectivity index (χ3v) is 3.64. The van der Waals surface area contributed by atoms with Crippen molar-refractivity contribution in [2.24, 2.45) is 5.73 Å². The van der Waals surface area contributed by atoms with Gasteiger partial charge in [-0.15, -0.1) is 0 Å². The Morgan fingerprint density at radius 3 is 2.63 bits per heavy atom. The van der Waals surface area contributed by atoms with Crippen molar-refractivity contribution >= 4 is 11.6 Å². The molecular weight excluding hydrogens is 258 g/mol. The molecule has 19 heavy (non-hydrogen) atoms. The third kappa shape index (κ3) is 6.31. The molecule has 0 bridgehead atoms. The van der Waals surface area contributed by atoms with Crippen molar-refractivity contribution < 1.29 is 4.74 Å². The van der Waals surface area contributed by atoms with Gasteiger partial charge < -0.3 is 10.5 Å². The standard InChI is InChI=1S/C16H26ClNO/c1-3-4-5-6-7-8-15(18)12-13-11-14(17)9-10-16(13)19-2/h9-11,15H,3-8,12,18H2,1-2H3. The predicted molar refractivity (Wildman–Crippen MR) is 83.1 cm³/mol. The second-order valence-electron chi connectivity index (χ2n) is 5.12. The minimum absolute atomic E-state index is 0.189. The van der Waals surface area contributed by atoms with Crippen molar-refractivity contribution in [2.75, 3.05) is 7.11 Å². The largest absolute Gasteiger partial charge is 0.496 e. The zero-order valence-electron chi connectivity index (χ0n) is 12.1. The van der Waals surface area contributed by atoms with Crippen LogP contribution in [0.4, 0.5) is 0 Å². The Hall–Kier alpha value is -0.730. The van der Waals surface area contributed by atoms with Gasteiger partial charge in [0.15, 0.2) is 0 Å². The summed E-state index contributed by atoms with van der Waals surface area (Å²) in [6.07, 6.45) is 8.34. The Balaban J connectivity index is 2.39. The summed E-state index contributed by atoms with van der Waals surface area (Å²) in [5, 5.41) is 0.742. The molecule has 2 N–H and O–H groups in total. The number of halogens is 1. The van der Waals surface area contributed by atoms with Crippen LogP contribution in [0.25, 0.3) is 0 Å². The maximum atomic E-state index is 6.20. The fourth-order valence-electron chi connectivity index (χ4n) is 2.30. The fraction of sp³-hybridized carbons (Fsp3) is 0.625. The van der Waals surface area contributed by atoms with Crippen molar-refractivity contribution in [3.63, 3.8) is 0 Å². The molecule has 0 aliphatic heterocycles. The van der Waals surface area contributed by atoms with Crippen LogP contribution in [-0.2, 0) is 6.42 Å². The van der Waals surface area contributed by atoms with Crippen molar-refractivity contribution in [2.45, 2.75) is 57.9 Å². The molecule has 108 valence electrons. The van der Waals surface area contributed by atoms with E-state index in [2.05, 4.69) is 6.92 Å². The molecule has 0 fully saturated rings. The maximum Gasteiger partial charge on any atom is 0.122 e. The minimum atomic E-state index is 0.189. The normalized spacial score (nSPS) is 12.4. The average molecular weight is 284 g/mol. The van der Waals surface area contributed by atoms with Crippen molar-refractivity contribution in [1.29, 1.82) is 0 Å². The lowest BCUT2D eigenvalue weighted by Crippen LogP contribution is -2.22. The van der Waals surface area contributed by atoms with Crippen LogP contribution in [0.15, 0.2) is 18.2 Å². The van der Waals surface area contributed by atoms with Crippen LogP contribution < -0.4 is 10.5 Å². The molecule has 0 spiro atoms. The zero-order valence-corrected chi connectivity index (χ0v) is 12.9. The molecule has 1 atom stereocenters. The topological polar surface area (TPSA) is 35.2 Å². The monoisotopic (exact) mass is 283 g/mol. The van der Waals surface area contributed by atoms with Crippen LogP contribution in [0.1, 0.15) is 51.0 Å². The van der Waals surface area contributed by atoms with Gasteiger partial charge >= 0.3 is 0 Å². The molecule has 0 aromatic heterocycles. The summed E-state index contributed by atoms with van der Waals surface area (Å²) in [5.41, 5.74) is 7.30. The summed E-state index contributed by atoms with van der Waals surface area (Å²) < 4.78 is 5.34. The first kappa shape index (κ1) is 16.3. The first-order valence-corrected chi connectivity index (χ1v) is 7.63. The smallest absolute Gasteiger partial charge is 0.122 e. The van der Waals surface area contributed by atoms with Crippen LogP contribution in [0, 0.1) is 0 Å². The van der Waals surface area contributed by atoms with E-state index in [9.17, 15) is 0 Å². The SMILES string of the molecule is CCCCCCCC(N)Cc1cc(Cl)ccc1OC. The number of benzene rings is 1. The van der Waals surface area contributed by atoms with E-state index in [-0.39, 0.29) is 6.04 Å². The van der Waals surface area contributed by atoms with Crippen LogP contribution in [0.3, 0.4) is 0 Å². The summed E-state index contributed by atoms with van der Waals surface area (Å²) in [7, 11) is 1.68. The summed E-state index contributed by atoms with van der Waals surface area (Å²) in [6.45, 7) is 2.23. The summed E-state index contributed by atoms with van der Waals surface area (Å²) in [6, 6.07) is 5.90. The van der Waals surface area contributed by atoms with Gasteiger partial charge in [0.2, 0.25) is 0 Å². The molecule has 0 saturated carbocycles. The van der Waals surface area contributed by atoms with Crippen molar-refractivity contribution in [3.8, 4) is 5.75 Å². The average Bonchev–Trinajstić information content (AvgIpc) is 2.39. The maximum absolute atomic E-state index is 6.20. The lowest BCUT2D eigenvalue weighted by atomic mass is 10.00. The van der Waals surface area contributed by atoms with E-state index >= 15 is 0 Å². The van der Waals surface area contributed by atoms with Crippen molar-refractivity contribution in [3.05, 3.63) is 28.8 Å². The highest BCUT2D eigenvalue weighted by Gasteiger charge is 2.09. The van der Waals surface area contributed by atoms with E-state index < -0.39 is 0 Å². The molecule has 0 radical (unpaired) electrons. The molecule has 1 unspecified atom stereocenters. The highest BCUT2D eigenvalue weighted by molar-refractivity contribution is 6.30. The molecule has 0 aliphatic carbocycles. The van der Waals surface area contributed by atoms with Crippen LogP contribution in [-0.4, -0.2) is 13.2 Å². The Labute approximate surface area is 122 Å². The second kappa shape index (κ2) is 9.22. The second-order valence-corrected chi connectivity index (χ2v) is 5.56. The number of rotatable bonds is 9. The molecule has 0 aliphatic rings. The molecule has 0 amide bonds. The molecule has 0 saturated heterocycles. The van der Waals surface area contributed by atoms with E-state index in [0.717, 1.165) is 29.2 Å². The number of hydrogen-bond donors (Lipinski definition) is 1. The highest BCUT2D eigenvalue weighted by atomic mass is 35.5. The van der Waals surface area contributed by atoms with Gasteiger partial charge in [0.1, 0.15) is 5.75 Å². The first-order chi connectivity index (χ1) is 9.17. The lowest BCUT2D eigenvalue weighted by Gasteiger charge is -2.14. The fourth-order valence-corrected chi connectivity index (χ4v) is 2.50. The third-order valence-electron chi connectivity index (χ3n) is 3.40. The Morgan fingerprint density at radius 2 is 1.95 bits per heavy atom. The first-order valence-electron chi connectivity index (χ1n) is 7.25. The molecule has 3 heteroatoms. The van der Waals surface area contributed by atoms with Gasteiger partial charge in [0, 0.05) is 11.1 Å². The van der Waals surface area contributed by atoms with Crippen LogP contribution >= 0.6 is 11.6 Å². The summed E-state index contributed by atoms with van der Waals surface area (Å²) in [5.74, 6) is 0.880. The minimum Gasteiger partial charge on any atom is -0.496 e. The number of hydrogen-bond acceptors (Lipinski definition) is 2. The predicted octanol–water partition coefficient (Wildman–Crippen LogP) is 4.58. The molecular formula is C16H26ClNO. The van der Waals surface area contributed by atoms with Crippen molar-refractivity contribution in [1.82, 2.24) is 0 Å². The van der Waals surface area contributed by atoms with Gasteiger partial charge in [-0.25, -0.2) is 0 Å². The number of unbranched alkanes of at least 4 members (excludes halogenated alkanes) is 4. The number of methoxy groups -OCH3 is 1. The van der Waals surface area contributed by atoms with Gasteiger partial charge in [-0.3, -0.25) is 0 Å². The Morgan fingerprint density at radius 1 is 1.21 bits per heavy atom. The van der Waals surface area contributed by atoms with Crippen LogP contribution in [0.5, 0.6) is 5.75 Å².